The summed E-state index contributed by atoms with van der Waals surface area (Å²) in [5, 5.41) is 3.35. The van der Waals surface area contributed by atoms with Gasteiger partial charge in [0, 0.05) is 0 Å². The van der Waals surface area contributed by atoms with Gasteiger partial charge in [-0.15, -0.1) is 0 Å². The van der Waals surface area contributed by atoms with E-state index in [2.05, 4.69) is 24.1 Å². The molecule has 1 N–H and O–H groups in total. The maximum absolute atomic E-state index is 12.3. The molecule has 1 aromatic carbocycles. The van der Waals surface area contributed by atoms with Crippen LogP contribution in [0.15, 0.2) is 48.7 Å². The van der Waals surface area contributed by atoms with Crippen LogP contribution >= 0.6 is 11.6 Å². The van der Waals surface area contributed by atoms with Gasteiger partial charge in [-0.05, 0) is 37.0 Å². The van der Waals surface area contributed by atoms with E-state index in [1.54, 1.807) is 18.3 Å². The van der Waals surface area contributed by atoms with E-state index < -0.39 is 11.6 Å². The van der Waals surface area contributed by atoms with Gasteiger partial charge in [0.2, 0.25) is 0 Å². The minimum Gasteiger partial charge on any atom is -0.490 e. The molecule has 0 bridgehead atoms. The van der Waals surface area contributed by atoms with Crippen LogP contribution in [0.1, 0.15) is 32.8 Å². The molecule has 0 saturated heterocycles. The van der Waals surface area contributed by atoms with Gasteiger partial charge in [0.05, 0.1) is 11.7 Å². The maximum atomic E-state index is 12.3. The molecule has 6 heteroatoms. The van der Waals surface area contributed by atoms with Crippen LogP contribution in [0.25, 0.3) is 0 Å². The number of halogens is 1. The summed E-state index contributed by atoms with van der Waals surface area (Å²) in [6.45, 7) is 6.67. The first-order valence-electron chi connectivity index (χ1n) is 8.59. The molecule has 0 spiro atoms. The van der Waals surface area contributed by atoms with E-state index >= 15 is 0 Å². The van der Waals surface area contributed by atoms with Crippen LogP contribution in [0.3, 0.4) is 0 Å². The van der Waals surface area contributed by atoms with Crippen LogP contribution < -0.4 is 10.1 Å². The summed E-state index contributed by atoms with van der Waals surface area (Å²) in [7, 11) is 0. The van der Waals surface area contributed by atoms with E-state index in [4.69, 9.17) is 21.1 Å². The van der Waals surface area contributed by atoms with Crippen molar-refractivity contribution in [1.29, 1.82) is 0 Å². The smallest absolute Gasteiger partial charge is 0.408 e. The number of carbonyl (C=O) groups is 1. The Labute approximate surface area is 159 Å². The zero-order chi connectivity index (χ0) is 19.0. The van der Waals surface area contributed by atoms with Crippen molar-refractivity contribution in [1.82, 2.24) is 10.3 Å². The SMILES string of the molecule is CC(C)CC(C)(COc1ccc(Cl)nc1)NC(=O)OCc1ccccc1. The second kappa shape index (κ2) is 9.43. The highest BCUT2D eigenvalue weighted by Gasteiger charge is 2.29. The van der Waals surface area contributed by atoms with Crippen molar-refractivity contribution in [3.63, 3.8) is 0 Å². The van der Waals surface area contributed by atoms with E-state index in [-0.39, 0.29) is 6.61 Å². The van der Waals surface area contributed by atoms with Crippen molar-refractivity contribution in [2.75, 3.05) is 6.61 Å². The molecule has 0 aliphatic heterocycles. The number of nitrogens with zero attached hydrogens (tertiary/aromatic N) is 1. The molecule has 0 aliphatic rings. The molecule has 26 heavy (non-hydrogen) atoms. The molecule has 2 rings (SSSR count). The maximum Gasteiger partial charge on any atom is 0.408 e. The number of carbonyl (C=O) groups excluding carboxylic acids is 1. The molecule has 0 radical (unpaired) electrons. The number of nitrogens with one attached hydrogen (secondary N) is 1. The fourth-order valence-corrected chi connectivity index (χ4v) is 2.85. The summed E-state index contributed by atoms with van der Waals surface area (Å²) in [4.78, 5) is 16.2. The van der Waals surface area contributed by atoms with Gasteiger partial charge >= 0.3 is 6.09 Å². The van der Waals surface area contributed by atoms with Crippen LogP contribution in [0.2, 0.25) is 5.15 Å². The lowest BCUT2D eigenvalue weighted by molar-refractivity contribution is 0.109. The largest absolute Gasteiger partial charge is 0.490 e. The molecule has 1 amide bonds. The van der Waals surface area contributed by atoms with Gasteiger partial charge in [-0.3, -0.25) is 0 Å². The number of benzene rings is 1. The zero-order valence-corrected chi connectivity index (χ0v) is 16.1. The number of hydrogen-bond acceptors (Lipinski definition) is 4. The molecule has 1 unspecified atom stereocenters. The van der Waals surface area contributed by atoms with Crippen molar-refractivity contribution < 1.29 is 14.3 Å². The zero-order valence-electron chi connectivity index (χ0n) is 15.4. The Morgan fingerprint density at radius 1 is 1.23 bits per heavy atom. The van der Waals surface area contributed by atoms with Crippen LogP contribution in [0, 0.1) is 5.92 Å². The van der Waals surface area contributed by atoms with Crippen LogP contribution in [-0.2, 0) is 11.3 Å². The predicted molar refractivity (Wildman–Crippen MR) is 102 cm³/mol. The summed E-state index contributed by atoms with van der Waals surface area (Å²) in [5.41, 5.74) is 0.374. The summed E-state index contributed by atoms with van der Waals surface area (Å²) < 4.78 is 11.1. The Bertz CT molecular complexity index is 692. The molecule has 0 aliphatic carbocycles. The molecular weight excluding hydrogens is 352 g/mol. The van der Waals surface area contributed by atoms with Gasteiger partial charge in [0.25, 0.3) is 0 Å². The number of rotatable bonds is 8. The number of alkyl carbamates (subject to hydrolysis) is 1. The van der Waals surface area contributed by atoms with Crippen molar-refractivity contribution in [2.24, 2.45) is 5.92 Å². The van der Waals surface area contributed by atoms with E-state index in [9.17, 15) is 4.79 Å². The lowest BCUT2D eigenvalue weighted by atomic mass is 9.91. The third kappa shape index (κ3) is 6.92. The van der Waals surface area contributed by atoms with Crippen LogP contribution in [0.4, 0.5) is 4.79 Å². The molecule has 0 saturated carbocycles. The third-order valence-electron chi connectivity index (χ3n) is 3.73. The van der Waals surface area contributed by atoms with Crippen molar-refractivity contribution >= 4 is 17.7 Å². The number of aromatic nitrogens is 1. The summed E-state index contributed by atoms with van der Waals surface area (Å²) >= 11 is 5.78. The van der Waals surface area contributed by atoms with Gasteiger partial charge in [0.1, 0.15) is 24.1 Å². The molecule has 1 atom stereocenters. The first-order chi connectivity index (χ1) is 12.4. The standard InChI is InChI=1S/C20H25ClN2O3/c1-15(2)11-20(3,14-26-17-9-10-18(21)22-12-17)23-19(24)25-13-16-7-5-4-6-8-16/h4-10,12,15H,11,13-14H2,1-3H3,(H,23,24). The Morgan fingerprint density at radius 3 is 2.58 bits per heavy atom. The third-order valence-corrected chi connectivity index (χ3v) is 3.96. The predicted octanol–water partition coefficient (Wildman–Crippen LogP) is 4.85. The van der Waals surface area contributed by atoms with Gasteiger partial charge in [-0.1, -0.05) is 55.8 Å². The Hall–Kier alpha value is -2.27. The Balaban J connectivity index is 1.93. The van der Waals surface area contributed by atoms with Crippen molar-refractivity contribution in [3.8, 4) is 5.75 Å². The molecule has 1 heterocycles. The van der Waals surface area contributed by atoms with Crippen LogP contribution in [0.5, 0.6) is 5.75 Å². The average molecular weight is 377 g/mol. The number of amides is 1. The lowest BCUT2D eigenvalue weighted by Gasteiger charge is -2.31. The normalized spacial score (nSPS) is 13.1. The highest BCUT2D eigenvalue weighted by molar-refractivity contribution is 6.29. The summed E-state index contributed by atoms with van der Waals surface area (Å²) in [5.74, 6) is 0.977. The van der Waals surface area contributed by atoms with Gasteiger partial charge in [0.15, 0.2) is 0 Å². The minimum atomic E-state index is -0.568. The molecular formula is C20H25ClN2O3. The monoisotopic (exact) mass is 376 g/mol. The highest BCUT2D eigenvalue weighted by Crippen LogP contribution is 2.20. The van der Waals surface area contributed by atoms with Gasteiger partial charge in [-0.2, -0.15) is 0 Å². The number of hydrogen-bond donors (Lipinski definition) is 1. The first-order valence-corrected chi connectivity index (χ1v) is 8.97. The quantitative estimate of drug-likeness (QED) is 0.669. The van der Waals surface area contributed by atoms with Crippen molar-refractivity contribution in [2.45, 2.75) is 39.3 Å². The molecule has 2 aromatic rings. The second-order valence-corrected chi connectivity index (χ2v) is 7.34. The Kier molecular flexibility index (Phi) is 7.27. The van der Waals surface area contributed by atoms with E-state index in [0.717, 1.165) is 12.0 Å². The molecule has 5 nitrogen and oxygen atoms in total. The topological polar surface area (TPSA) is 60.5 Å². The number of pyridine rings is 1. The second-order valence-electron chi connectivity index (χ2n) is 6.95. The summed E-state index contributed by atoms with van der Waals surface area (Å²) in [6.07, 6.45) is 1.84. The van der Waals surface area contributed by atoms with Crippen molar-refractivity contribution in [3.05, 3.63) is 59.4 Å². The molecule has 0 fully saturated rings. The van der Waals surface area contributed by atoms with Gasteiger partial charge < -0.3 is 14.8 Å². The van der Waals surface area contributed by atoms with E-state index in [0.29, 0.717) is 23.4 Å². The van der Waals surface area contributed by atoms with Gasteiger partial charge in [-0.25, -0.2) is 9.78 Å². The first kappa shape index (κ1) is 20.0. The fraction of sp³-hybridized carbons (Fsp3) is 0.400. The molecule has 140 valence electrons. The summed E-state index contributed by atoms with van der Waals surface area (Å²) in [6, 6.07) is 13.0. The van der Waals surface area contributed by atoms with E-state index in [1.807, 2.05) is 37.3 Å². The number of ether oxygens (including phenoxy) is 2. The lowest BCUT2D eigenvalue weighted by Crippen LogP contribution is -2.51. The average Bonchev–Trinajstić information content (AvgIpc) is 2.60. The Morgan fingerprint density at radius 2 is 1.96 bits per heavy atom. The van der Waals surface area contributed by atoms with Crippen LogP contribution in [-0.4, -0.2) is 23.2 Å². The minimum absolute atomic E-state index is 0.229. The molecule has 1 aromatic heterocycles. The van der Waals surface area contributed by atoms with E-state index in [1.165, 1.54) is 0 Å². The highest BCUT2D eigenvalue weighted by atomic mass is 35.5. The fourth-order valence-electron chi connectivity index (χ4n) is 2.74.